The van der Waals surface area contributed by atoms with Gasteiger partial charge in [0.1, 0.15) is 5.82 Å². The summed E-state index contributed by atoms with van der Waals surface area (Å²) in [6.45, 7) is 4.52. The number of anilines is 1. The lowest BCUT2D eigenvalue weighted by Crippen LogP contribution is -2.32. The van der Waals surface area contributed by atoms with E-state index >= 15 is 0 Å². The van der Waals surface area contributed by atoms with E-state index in [2.05, 4.69) is 33.8 Å². The number of hydrogen-bond acceptors (Lipinski definition) is 6. The molecule has 5 rings (SSSR count). The molecule has 0 atom stereocenters. The lowest BCUT2D eigenvalue weighted by Gasteiger charge is -2.20. The minimum atomic E-state index is 0.0218. The Balaban J connectivity index is 1.42. The number of thioether (sulfide) groups is 1. The number of amides is 1. The molecule has 6 nitrogen and oxygen atoms in total. The summed E-state index contributed by atoms with van der Waals surface area (Å²) in [6.07, 6.45) is 2.32. The van der Waals surface area contributed by atoms with E-state index < -0.39 is 0 Å². The third-order valence-corrected chi connectivity index (χ3v) is 7.37. The van der Waals surface area contributed by atoms with Crippen molar-refractivity contribution in [1.29, 1.82) is 0 Å². The highest BCUT2D eigenvalue weighted by Gasteiger charge is 2.29. The lowest BCUT2D eigenvalue weighted by molar-refractivity contribution is -0.116. The number of carbonyl (C=O) groups is 1. The van der Waals surface area contributed by atoms with Crippen molar-refractivity contribution in [2.45, 2.75) is 44.4 Å². The fraction of sp³-hybridized carbons (Fsp3) is 0.304. The minimum Gasteiger partial charge on any atom is -0.303 e. The smallest absolute Gasteiger partial charge is 0.239 e. The Bertz CT molecular complexity index is 1230. The predicted molar refractivity (Wildman–Crippen MR) is 126 cm³/mol. The number of aromatic nitrogens is 4. The Morgan fingerprint density at radius 3 is 2.68 bits per heavy atom. The number of nitrogens with zero attached hydrogens (tertiary/aromatic N) is 5. The standard InChI is InChI=1S/C23H23N5OS2/c1-15-7-6-10-19-21(15)24-22(31-19)27(13-17-8-4-3-5-9-17)20(29)14-30-23-26-25-16(2)28(23)18-11-12-18/h3-10,18H,11-14H2,1-2H3. The van der Waals surface area contributed by atoms with Gasteiger partial charge in [-0.2, -0.15) is 0 Å². The number of rotatable bonds is 7. The van der Waals surface area contributed by atoms with Crippen LogP contribution in [0.15, 0.2) is 53.7 Å². The highest BCUT2D eigenvalue weighted by Crippen LogP contribution is 2.39. The van der Waals surface area contributed by atoms with Crippen LogP contribution in [-0.4, -0.2) is 31.4 Å². The van der Waals surface area contributed by atoms with E-state index in [0.717, 1.165) is 50.3 Å². The van der Waals surface area contributed by atoms with E-state index in [0.29, 0.717) is 18.3 Å². The molecule has 0 unspecified atom stereocenters. The van der Waals surface area contributed by atoms with E-state index in [1.54, 1.807) is 16.2 Å². The molecule has 31 heavy (non-hydrogen) atoms. The van der Waals surface area contributed by atoms with E-state index in [-0.39, 0.29) is 5.91 Å². The van der Waals surface area contributed by atoms with Crippen LogP contribution in [0.25, 0.3) is 10.2 Å². The summed E-state index contributed by atoms with van der Waals surface area (Å²) in [6, 6.07) is 16.7. The van der Waals surface area contributed by atoms with E-state index in [4.69, 9.17) is 4.98 Å². The van der Waals surface area contributed by atoms with Gasteiger partial charge in [-0.3, -0.25) is 9.69 Å². The van der Waals surface area contributed by atoms with Crippen molar-refractivity contribution in [3.63, 3.8) is 0 Å². The van der Waals surface area contributed by atoms with E-state index in [1.807, 2.05) is 43.3 Å². The highest BCUT2D eigenvalue weighted by molar-refractivity contribution is 7.99. The molecular formula is C23H23N5OS2. The molecule has 2 aromatic heterocycles. The van der Waals surface area contributed by atoms with Gasteiger partial charge in [0.05, 0.1) is 22.5 Å². The van der Waals surface area contributed by atoms with Gasteiger partial charge in [-0.1, -0.05) is 65.6 Å². The Labute approximate surface area is 189 Å². The van der Waals surface area contributed by atoms with Gasteiger partial charge in [-0.05, 0) is 43.9 Å². The molecular weight excluding hydrogens is 426 g/mol. The topological polar surface area (TPSA) is 63.9 Å². The first kappa shape index (κ1) is 20.2. The summed E-state index contributed by atoms with van der Waals surface area (Å²) < 4.78 is 3.26. The second-order valence-corrected chi connectivity index (χ2v) is 9.75. The summed E-state index contributed by atoms with van der Waals surface area (Å²) in [5.74, 6) is 1.24. The fourth-order valence-electron chi connectivity index (χ4n) is 3.62. The van der Waals surface area contributed by atoms with E-state index in [9.17, 15) is 4.79 Å². The van der Waals surface area contributed by atoms with Gasteiger partial charge in [0.15, 0.2) is 10.3 Å². The van der Waals surface area contributed by atoms with Gasteiger partial charge in [0.25, 0.3) is 0 Å². The van der Waals surface area contributed by atoms with Crippen LogP contribution in [0, 0.1) is 13.8 Å². The summed E-state index contributed by atoms with van der Waals surface area (Å²) in [5.41, 5.74) is 3.16. The highest BCUT2D eigenvalue weighted by atomic mass is 32.2. The molecule has 1 aliphatic carbocycles. The Hall–Kier alpha value is -2.71. The number of hydrogen-bond donors (Lipinski definition) is 0. The van der Waals surface area contributed by atoms with Crippen molar-refractivity contribution in [2.24, 2.45) is 0 Å². The van der Waals surface area contributed by atoms with Crippen LogP contribution in [-0.2, 0) is 11.3 Å². The van der Waals surface area contributed by atoms with Crippen LogP contribution in [0.2, 0.25) is 0 Å². The molecule has 1 aliphatic rings. The summed E-state index contributed by atoms with van der Waals surface area (Å²) in [5, 5.41) is 10.1. The molecule has 4 aromatic rings. The number of carbonyl (C=O) groups excluding carboxylic acids is 1. The molecule has 1 saturated carbocycles. The largest absolute Gasteiger partial charge is 0.303 e. The average Bonchev–Trinajstić information content (AvgIpc) is 3.40. The number of para-hydroxylation sites is 1. The third kappa shape index (κ3) is 4.22. The van der Waals surface area contributed by atoms with Gasteiger partial charge in [-0.25, -0.2) is 4.98 Å². The first-order valence-electron chi connectivity index (χ1n) is 10.3. The van der Waals surface area contributed by atoms with Gasteiger partial charge in [-0.15, -0.1) is 10.2 Å². The molecule has 0 saturated heterocycles. The molecule has 1 fully saturated rings. The van der Waals surface area contributed by atoms with E-state index in [1.165, 1.54) is 11.8 Å². The van der Waals surface area contributed by atoms with Gasteiger partial charge in [0, 0.05) is 6.04 Å². The van der Waals surface area contributed by atoms with Crippen molar-refractivity contribution in [1.82, 2.24) is 19.7 Å². The maximum atomic E-state index is 13.4. The van der Waals surface area contributed by atoms with Crippen LogP contribution in [0.1, 0.15) is 35.8 Å². The van der Waals surface area contributed by atoms with Crippen molar-refractivity contribution in [3.8, 4) is 0 Å². The SMILES string of the molecule is Cc1cccc2sc(N(Cc3ccccc3)C(=O)CSc3nnc(C)n3C3CC3)nc12. The van der Waals surface area contributed by atoms with Crippen molar-refractivity contribution < 1.29 is 4.79 Å². The minimum absolute atomic E-state index is 0.0218. The first-order valence-corrected chi connectivity index (χ1v) is 12.1. The molecule has 0 N–H and O–H groups in total. The van der Waals surface area contributed by atoms with Crippen LogP contribution < -0.4 is 4.90 Å². The lowest BCUT2D eigenvalue weighted by atomic mass is 10.2. The first-order chi connectivity index (χ1) is 15.1. The summed E-state index contributed by atoms with van der Waals surface area (Å²) in [7, 11) is 0. The Morgan fingerprint density at radius 1 is 1.13 bits per heavy atom. The second-order valence-electron chi connectivity index (χ2n) is 7.80. The molecule has 2 heterocycles. The number of fused-ring (bicyclic) bond motifs is 1. The zero-order valence-electron chi connectivity index (χ0n) is 17.5. The van der Waals surface area contributed by atoms with Gasteiger partial charge < -0.3 is 4.57 Å². The quantitative estimate of drug-likeness (QED) is 0.365. The number of aryl methyl sites for hydroxylation is 2. The third-order valence-electron chi connectivity index (χ3n) is 5.40. The molecule has 1 amide bonds. The van der Waals surface area contributed by atoms with Crippen LogP contribution in [0.3, 0.4) is 0 Å². The number of benzene rings is 2. The molecule has 0 spiro atoms. The van der Waals surface area contributed by atoms with Crippen LogP contribution in [0.5, 0.6) is 0 Å². The maximum absolute atomic E-state index is 13.4. The van der Waals surface area contributed by atoms with Crippen LogP contribution in [0.4, 0.5) is 5.13 Å². The normalized spacial score (nSPS) is 13.6. The molecule has 158 valence electrons. The fourth-order valence-corrected chi connectivity index (χ4v) is 5.61. The van der Waals surface area contributed by atoms with Crippen LogP contribution >= 0.6 is 23.1 Å². The number of thiazole rings is 1. The summed E-state index contributed by atoms with van der Waals surface area (Å²) >= 11 is 3.03. The zero-order chi connectivity index (χ0) is 21.4. The zero-order valence-corrected chi connectivity index (χ0v) is 19.1. The average molecular weight is 450 g/mol. The molecule has 8 heteroatoms. The van der Waals surface area contributed by atoms with Crippen molar-refractivity contribution in [2.75, 3.05) is 10.7 Å². The monoisotopic (exact) mass is 449 g/mol. The maximum Gasteiger partial charge on any atom is 0.239 e. The van der Waals surface area contributed by atoms with Gasteiger partial charge >= 0.3 is 0 Å². The van der Waals surface area contributed by atoms with Gasteiger partial charge in [0.2, 0.25) is 5.91 Å². The Kier molecular flexibility index (Phi) is 5.50. The Morgan fingerprint density at radius 2 is 1.94 bits per heavy atom. The summed E-state index contributed by atoms with van der Waals surface area (Å²) in [4.78, 5) is 20.0. The van der Waals surface area contributed by atoms with Crippen molar-refractivity contribution in [3.05, 3.63) is 65.5 Å². The molecule has 2 aromatic carbocycles. The second kappa shape index (κ2) is 8.43. The van der Waals surface area contributed by atoms with Crippen molar-refractivity contribution >= 4 is 44.4 Å². The molecule has 0 radical (unpaired) electrons. The molecule has 0 bridgehead atoms. The predicted octanol–water partition coefficient (Wildman–Crippen LogP) is 5.17. The molecule has 0 aliphatic heterocycles.